The molecule has 1 heterocycles. The molecule has 1 saturated heterocycles. The molecule has 1 atom stereocenters. The Bertz CT molecular complexity index is 219. The second-order valence-electron chi connectivity index (χ2n) is 4.07. The maximum absolute atomic E-state index is 11.2. The minimum absolute atomic E-state index is 0.287. The number of ether oxygens (including phenoxy) is 1. The Morgan fingerprint density at radius 3 is 2.67 bits per heavy atom. The highest BCUT2D eigenvalue weighted by molar-refractivity contribution is 8.00. The van der Waals surface area contributed by atoms with Crippen LogP contribution in [0.15, 0.2) is 0 Å². The lowest BCUT2D eigenvalue weighted by Crippen LogP contribution is -2.53. The van der Waals surface area contributed by atoms with Gasteiger partial charge >= 0.3 is 0 Å². The van der Waals surface area contributed by atoms with Gasteiger partial charge in [0.25, 0.3) is 0 Å². The molecule has 0 aromatic heterocycles. The van der Waals surface area contributed by atoms with Crippen molar-refractivity contribution < 1.29 is 9.53 Å². The Kier molecular flexibility index (Phi) is 4.89. The first-order valence-corrected chi connectivity index (χ1v) is 6.31. The Balaban J connectivity index is 2.36. The molecule has 1 aliphatic heterocycles. The molecule has 3 N–H and O–H groups in total. The molecule has 4 nitrogen and oxygen atoms in total. The molecule has 1 rings (SSSR count). The van der Waals surface area contributed by atoms with Crippen molar-refractivity contribution in [2.75, 3.05) is 26.0 Å². The smallest absolute Gasteiger partial charge is 0.238 e. The van der Waals surface area contributed by atoms with Crippen molar-refractivity contribution in [2.24, 2.45) is 5.73 Å². The minimum atomic E-state index is -0.594. The van der Waals surface area contributed by atoms with E-state index in [9.17, 15) is 4.79 Å². The van der Waals surface area contributed by atoms with E-state index in [4.69, 9.17) is 10.5 Å². The first kappa shape index (κ1) is 12.8. The number of carbonyl (C=O) groups is 1. The normalized spacial score (nSPS) is 22.3. The van der Waals surface area contributed by atoms with Crippen molar-refractivity contribution in [3.05, 3.63) is 0 Å². The second kappa shape index (κ2) is 5.72. The molecule has 0 radical (unpaired) electrons. The largest absolute Gasteiger partial charge is 0.381 e. The van der Waals surface area contributed by atoms with Gasteiger partial charge in [-0.15, -0.1) is 0 Å². The van der Waals surface area contributed by atoms with Crippen LogP contribution in [0.4, 0.5) is 0 Å². The summed E-state index contributed by atoms with van der Waals surface area (Å²) in [6.45, 7) is 3.52. The van der Waals surface area contributed by atoms with E-state index in [-0.39, 0.29) is 5.91 Å². The standard InChI is InChI=1S/C10H20N2O2S/c1-10(12-2,9(11)13)7-15-8-3-5-14-6-4-8/h8,12H,3-7H2,1-2H3,(H2,11,13). The van der Waals surface area contributed by atoms with Gasteiger partial charge in [0.2, 0.25) is 5.91 Å². The molecule has 0 spiro atoms. The van der Waals surface area contributed by atoms with Crippen LogP contribution in [0, 0.1) is 0 Å². The molecule has 1 amide bonds. The summed E-state index contributed by atoms with van der Waals surface area (Å²) in [5, 5.41) is 3.59. The van der Waals surface area contributed by atoms with Crippen LogP contribution in [-0.4, -0.2) is 42.7 Å². The Morgan fingerprint density at radius 2 is 2.20 bits per heavy atom. The average Bonchev–Trinajstić information content (AvgIpc) is 2.27. The zero-order valence-electron chi connectivity index (χ0n) is 9.41. The number of rotatable bonds is 5. The van der Waals surface area contributed by atoms with E-state index in [0.29, 0.717) is 5.25 Å². The molecule has 0 saturated carbocycles. The van der Waals surface area contributed by atoms with Crippen LogP contribution in [0.2, 0.25) is 0 Å². The van der Waals surface area contributed by atoms with Gasteiger partial charge in [-0.1, -0.05) is 0 Å². The molecule has 0 bridgehead atoms. The predicted octanol–water partition coefficient (Wildman–Crippen LogP) is 0.362. The predicted molar refractivity (Wildman–Crippen MR) is 63.0 cm³/mol. The number of hydrogen-bond acceptors (Lipinski definition) is 4. The lowest BCUT2D eigenvalue weighted by atomic mass is 10.1. The van der Waals surface area contributed by atoms with Gasteiger partial charge in [0, 0.05) is 24.2 Å². The van der Waals surface area contributed by atoms with Crippen molar-refractivity contribution in [3.63, 3.8) is 0 Å². The summed E-state index contributed by atoms with van der Waals surface area (Å²) >= 11 is 1.81. The molecule has 0 aliphatic carbocycles. The first-order chi connectivity index (χ1) is 7.08. The summed E-state index contributed by atoms with van der Waals surface area (Å²) in [4.78, 5) is 11.2. The van der Waals surface area contributed by atoms with Crippen LogP contribution in [0.25, 0.3) is 0 Å². The summed E-state index contributed by atoms with van der Waals surface area (Å²) in [7, 11) is 1.77. The number of thioether (sulfide) groups is 1. The molecular weight excluding hydrogens is 212 g/mol. The number of nitrogens with one attached hydrogen (secondary N) is 1. The SMILES string of the molecule is CNC(C)(CSC1CCOCC1)C(N)=O. The van der Waals surface area contributed by atoms with Crippen LogP contribution in [0.3, 0.4) is 0 Å². The van der Waals surface area contributed by atoms with Crippen molar-refractivity contribution >= 4 is 17.7 Å². The Hall–Kier alpha value is -0.260. The molecule has 88 valence electrons. The fraction of sp³-hybridized carbons (Fsp3) is 0.900. The lowest BCUT2D eigenvalue weighted by molar-refractivity contribution is -0.122. The third-order valence-electron chi connectivity index (χ3n) is 2.87. The highest BCUT2D eigenvalue weighted by atomic mass is 32.2. The van der Waals surface area contributed by atoms with Gasteiger partial charge < -0.3 is 15.8 Å². The molecule has 1 fully saturated rings. The molecule has 1 aliphatic rings. The summed E-state index contributed by atoms with van der Waals surface area (Å²) < 4.78 is 5.28. The quantitative estimate of drug-likeness (QED) is 0.718. The molecular formula is C10H20N2O2S. The zero-order chi connectivity index (χ0) is 11.3. The van der Waals surface area contributed by atoms with Crippen LogP contribution < -0.4 is 11.1 Å². The summed E-state index contributed by atoms with van der Waals surface area (Å²) in [5.74, 6) is 0.438. The fourth-order valence-corrected chi connectivity index (χ4v) is 2.78. The summed E-state index contributed by atoms with van der Waals surface area (Å²) in [6, 6.07) is 0. The van der Waals surface area contributed by atoms with Gasteiger partial charge in [-0.05, 0) is 26.8 Å². The monoisotopic (exact) mass is 232 g/mol. The van der Waals surface area contributed by atoms with Gasteiger partial charge in [0.05, 0.1) is 0 Å². The van der Waals surface area contributed by atoms with Gasteiger partial charge in [0.15, 0.2) is 0 Å². The van der Waals surface area contributed by atoms with Crippen LogP contribution >= 0.6 is 11.8 Å². The van der Waals surface area contributed by atoms with Crippen molar-refractivity contribution in [2.45, 2.75) is 30.6 Å². The third kappa shape index (κ3) is 3.66. The minimum Gasteiger partial charge on any atom is -0.381 e. The first-order valence-electron chi connectivity index (χ1n) is 5.26. The van der Waals surface area contributed by atoms with Crippen molar-refractivity contribution in [1.82, 2.24) is 5.32 Å². The number of likely N-dealkylation sites (N-methyl/N-ethyl adjacent to an activating group) is 1. The molecule has 15 heavy (non-hydrogen) atoms. The van der Waals surface area contributed by atoms with Crippen molar-refractivity contribution in [3.8, 4) is 0 Å². The lowest BCUT2D eigenvalue weighted by Gasteiger charge is -2.28. The van der Waals surface area contributed by atoms with Crippen LogP contribution in [0.5, 0.6) is 0 Å². The highest BCUT2D eigenvalue weighted by Crippen LogP contribution is 2.25. The van der Waals surface area contributed by atoms with Crippen molar-refractivity contribution in [1.29, 1.82) is 0 Å². The number of nitrogens with two attached hydrogens (primary N) is 1. The maximum atomic E-state index is 11.2. The van der Waals surface area contributed by atoms with E-state index in [1.807, 2.05) is 18.7 Å². The molecule has 0 aromatic rings. The third-order valence-corrected chi connectivity index (χ3v) is 4.56. The molecule has 1 unspecified atom stereocenters. The van der Waals surface area contributed by atoms with Gasteiger partial charge in [0.1, 0.15) is 5.54 Å². The zero-order valence-corrected chi connectivity index (χ0v) is 10.2. The average molecular weight is 232 g/mol. The second-order valence-corrected chi connectivity index (χ2v) is 5.36. The maximum Gasteiger partial charge on any atom is 0.238 e. The van der Waals surface area contributed by atoms with E-state index in [1.54, 1.807) is 7.05 Å². The number of primary amides is 1. The van der Waals surface area contributed by atoms with E-state index in [0.717, 1.165) is 31.8 Å². The van der Waals surface area contributed by atoms with E-state index < -0.39 is 5.54 Å². The Labute approximate surface area is 95.3 Å². The topological polar surface area (TPSA) is 64.3 Å². The molecule has 5 heteroatoms. The van der Waals surface area contributed by atoms with E-state index in [2.05, 4.69) is 5.32 Å². The molecule has 0 aromatic carbocycles. The number of hydrogen-bond donors (Lipinski definition) is 2. The van der Waals surface area contributed by atoms with E-state index in [1.165, 1.54) is 0 Å². The number of carbonyl (C=O) groups excluding carboxylic acids is 1. The van der Waals surface area contributed by atoms with Crippen LogP contribution in [0.1, 0.15) is 19.8 Å². The van der Waals surface area contributed by atoms with Gasteiger partial charge in [-0.2, -0.15) is 11.8 Å². The van der Waals surface area contributed by atoms with E-state index >= 15 is 0 Å². The fourth-order valence-electron chi connectivity index (χ4n) is 1.39. The van der Waals surface area contributed by atoms with Gasteiger partial charge in [-0.3, -0.25) is 4.79 Å². The summed E-state index contributed by atoms with van der Waals surface area (Å²) in [6.07, 6.45) is 2.15. The summed E-state index contributed by atoms with van der Waals surface area (Å²) in [5.41, 5.74) is 4.76. The number of amides is 1. The van der Waals surface area contributed by atoms with Crippen LogP contribution in [-0.2, 0) is 9.53 Å². The van der Waals surface area contributed by atoms with Gasteiger partial charge in [-0.25, -0.2) is 0 Å². The Morgan fingerprint density at radius 1 is 1.60 bits per heavy atom. The highest BCUT2D eigenvalue weighted by Gasteiger charge is 2.30.